The molecule has 1 aromatic heterocycles. The van der Waals surface area contributed by atoms with Gasteiger partial charge < -0.3 is 9.47 Å². The van der Waals surface area contributed by atoms with Crippen molar-refractivity contribution in [2.45, 2.75) is 13.0 Å². The molecular formula is C15H18ClN3O2. The van der Waals surface area contributed by atoms with Gasteiger partial charge in [-0.05, 0) is 36.8 Å². The number of rotatable bonds is 7. The number of benzene rings is 1. The molecule has 1 atom stereocenters. The molecule has 2 rings (SSSR count). The number of nitrogens with two attached hydrogens (primary N) is 1. The SMILES string of the molecule is CCOc1cncc(C(COc2cccc(Cl)c2)NN)c1. The smallest absolute Gasteiger partial charge is 0.137 e. The molecule has 0 saturated heterocycles. The van der Waals surface area contributed by atoms with Crippen LogP contribution >= 0.6 is 11.6 Å². The molecule has 0 aliphatic carbocycles. The van der Waals surface area contributed by atoms with Crippen molar-refractivity contribution in [1.82, 2.24) is 10.4 Å². The van der Waals surface area contributed by atoms with E-state index in [9.17, 15) is 0 Å². The van der Waals surface area contributed by atoms with Crippen LogP contribution in [0.15, 0.2) is 42.7 Å². The summed E-state index contributed by atoms with van der Waals surface area (Å²) < 4.78 is 11.1. The van der Waals surface area contributed by atoms with Crippen molar-refractivity contribution >= 4 is 11.6 Å². The van der Waals surface area contributed by atoms with E-state index in [4.69, 9.17) is 26.9 Å². The fourth-order valence-corrected chi connectivity index (χ4v) is 2.03. The molecule has 0 fully saturated rings. The second-order valence-electron chi connectivity index (χ2n) is 4.37. The monoisotopic (exact) mass is 307 g/mol. The standard InChI is InChI=1S/C15H18ClN3O2/c1-2-20-14-6-11(8-18-9-14)15(19-17)10-21-13-5-3-4-12(16)7-13/h3-9,15,19H,2,10,17H2,1H3. The van der Waals surface area contributed by atoms with E-state index in [-0.39, 0.29) is 6.04 Å². The van der Waals surface area contributed by atoms with E-state index < -0.39 is 0 Å². The summed E-state index contributed by atoms with van der Waals surface area (Å²) in [6.45, 7) is 2.87. The summed E-state index contributed by atoms with van der Waals surface area (Å²) in [5.41, 5.74) is 3.61. The van der Waals surface area contributed by atoms with Gasteiger partial charge in [-0.3, -0.25) is 10.8 Å². The van der Waals surface area contributed by atoms with Gasteiger partial charge in [-0.1, -0.05) is 17.7 Å². The molecule has 0 aliphatic heterocycles. The van der Waals surface area contributed by atoms with E-state index in [1.54, 1.807) is 24.5 Å². The molecule has 21 heavy (non-hydrogen) atoms. The van der Waals surface area contributed by atoms with Gasteiger partial charge in [-0.15, -0.1) is 0 Å². The van der Waals surface area contributed by atoms with Gasteiger partial charge in [0.05, 0.1) is 18.8 Å². The number of hydrazine groups is 1. The van der Waals surface area contributed by atoms with Gasteiger partial charge in [-0.25, -0.2) is 5.43 Å². The third-order valence-electron chi connectivity index (χ3n) is 2.86. The summed E-state index contributed by atoms with van der Waals surface area (Å²) in [7, 11) is 0. The molecule has 1 heterocycles. The lowest BCUT2D eigenvalue weighted by atomic mass is 10.1. The fourth-order valence-electron chi connectivity index (χ4n) is 1.85. The molecule has 0 spiro atoms. The Labute approximate surface area is 129 Å². The highest BCUT2D eigenvalue weighted by atomic mass is 35.5. The molecule has 3 N–H and O–H groups in total. The topological polar surface area (TPSA) is 69.4 Å². The first-order chi connectivity index (χ1) is 10.2. The minimum atomic E-state index is -0.197. The highest BCUT2D eigenvalue weighted by Crippen LogP contribution is 2.21. The number of nitrogens with one attached hydrogen (secondary N) is 1. The van der Waals surface area contributed by atoms with Crippen LogP contribution in [0.5, 0.6) is 11.5 Å². The molecule has 0 bridgehead atoms. The Morgan fingerprint density at radius 1 is 1.24 bits per heavy atom. The van der Waals surface area contributed by atoms with Crippen molar-refractivity contribution in [2.24, 2.45) is 5.84 Å². The van der Waals surface area contributed by atoms with Crippen LogP contribution in [-0.2, 0) is 0 Å². The van der Waals surface area contributed by atoms with Crippen LogP contribution in [0.1, 0.15) is 18.5 Å². The van der Waals surface area contributed by atoms with E-state index in [0.29, 0.717) is 29.7 Å². The Kier molecular flexibility index (Phi) is 5.80. The predicted molar refractivity (Wildman–Crippen MR) is 82.4 cm³/mol. The van der Waals surface area contributed by atoms with Crippen LogP contribution in [0.4, 0.5) is 0 Å². The van der Waals surface area contributed by atoms with Gasteiger partial charge in [0.15, 0.2) is 0 Å². The molecule has 5 nitrogen and oxygen atoms in total. The van der Waals surface area contributed by atoms with Crippen molar-refractivity contribution in [3.8, 4) is 11.5 Å². The molecule has 0 amide bonds. The van der Waals surface area contributed by atoms with Crippen molar-refractivity contribution in [3.63, 3.8) is 0 Å². The van der Waals surface area contributed by atoms with Crippen LogP contribution < -0.4 is 20.7 Å². The minimum absolute atomic E-state index is 0.197. The zero-order valence-corrected chi connectivity index (χ0v) is 12.5. The molecule has 0 saturated carbocycles. The Morgan fingerprint density at radius 3 is 2.81 bits per heavy atom. The Morgan fingerprint density at radius 2 is 2.10 bits per heavy atom. The third-order valence-corrected chi connectivity index (χ3v) is 3.10. The van der Waals surface area contributed by atoms with Gasteiger partial charge >= 0.3 is 0 Å². The third kappa shape index (κ3) is 4.60. The summed E-state index contributed by atoms with van der Waals surface area (Å²) >= 11 is 5.92. The number of halogens is 1. The molecule has 1 unspecified atom stereocenters. The van der Waals surface area contributed by atoms with Crippen LogP contribution in [0.3, 0.4) is 0 Å². The molecule has 2 aromatic rings. The van der Waals surface area contributed by atoms with Crippen LogP contribution in [0, 0.1) is 0 Å². The average molecular weight is 308 g/mol. The largest absolute Gasteiger partial charge is 0.492 e. The van der Waals surface area contributed by atoms with Crippen molar-refractivity contribution in [3.05, 3.63) is 53.3 Å². The van der Waals surface area contributed by atoms with Crippen molar-refractivity contribution in [1.29, 1.82) is 0 Å². The van der Waals surface area contributed by atoms with Crippen LogP contribution in [0.2, 0.25) is 5.02 Å². The van der Waals surface area contributed by atoms with E-state index in [1.807, 2.05) is 25.1 Å². The summed E-state index contributed by atoms with van der Waals surface area (Å²) in [4.78, 5) is 4.14. The lowest BCUT2D eigenvalue weighted by Crippen LogP contribution is -2.32. The molecular weight excluding hydrogens is 290 g/mol. The summed E-state index contributed by atoms with van der Waals surface area (Å²) in [5, 5.41) is 0.629. The zero-order valence-electron chi connectivity index (χ0n) is 11.8. The minimum Gasteiger partial charge on any atom is -0.492 e. The average Bonchev–Trinajstić information content (AvgIpc) is 2.49. The molecule has 112 valence electrons. The highest BCUT2D eigenvalue weighted by Gasteiger charge is 2.12. The Bertz CT molecular complexity index is 580. The van der Waals surface area contributed by atoms with E-state index in [1.165, 1.54) is 0 Å². The van der Waals surface area contributed by atoms with Crippen LogP contribution in [-0.4, -0.2) is 18.2 Å². The van der Waals surface area contributed by atoms with E-state index in [2.05, 4.69) is 10.4 Å². The molecule has 1 aromatic carbocycles. The maximum atomic E-state index is 5.92. The second-order valence-corrected chi connectivity index (χ2v) is 4.81. The molecule has 0 radical (unpaired) electrons. The van der Waals surface area contributed by atoms with E-state index in [0.717, 1.165) is 5.56 Å². The normalized spacial score (nSPS) is 12.0. The number of nitrogens with zero attached hydrogens (tertiary/aromatic N) is 1. The Balaban J connectivity index is 2.04. The highest BCUT2D eigenvalue weighted by molar-refractivity contribution is 6.30. The number of aromatic nitrogens is 1. The first-order valence-electron chi connectivity index (χ1n) is 6.65. The molecule has 0 aliphatic rings. The van der Waals surface area contributed by atoms with Crippen molar-refractivity contribution in [2.75, 3.05) is 13.2 Å². The van der Waals surface area contributed by atoms with Gasteiger partial charge in [0.1, 0.15) is 18.1 Å². The van der Waals surface area contributed by atoms with Crippen LogP contribution in [0.25, 0.3) is 0 Å². The fraction of sp³-hybridized carbons (Fsp3) is 0.267. The van der Waals surface area contributed by atoms with Gasteiger partial charge in [0.25, 0.3) is 0 Å². The number of pyridine rings is 1. The van der Waals surface area contributed by atoms with Gasteiger partial charge in [0.2, 0.25) is 0 Å². The van der Waals surface area contributed by atoms with Gasteiger partial charge in [0, 0.05) is 11.2 Å². The summed E-state index contributed by atoms with van der Waals surface area (Å²) in [6.07, 6.45) is 3.40. The number of hydrogen-bond acceptors (Lipinski definition) is 5. The lowest BCUT2D eigenvalue weighted by Gasteiger charge is -2.17. The predicted octanol–water partition coefficient (Wildman–Crippen LogP) is 2.72. The zero-order chi connectivity index (χ0) is 15.1. The van der Waals surface area contributed by atoms with E-state index >= 15 is 0 Å². The summed E-state index contributed by atoms with van der Waals surface area (Å²) in [6, 6.07) is 8.92. The number of ether oxygens (including phenoxy) is 2. The quantitative estimate of drug-likeness (QED) is 0.608. The first-order valence-corrected chi connectivity index (χ1v) is 7.03. The molecule has 6 heteroatoms. The van der Waals surface area contributed by atoms with Gasteiger partial charge in [-0.2, -0.15) is 0 Å². The summed E-state index contributed by atoms with van der Waals surface area (Å²) in [5.74, 6) is 7.00. The maximum absolute atomic E-state index is 5.92. The first kappa shape index (κ1) is 15.6. The Hall–Kier alpha value is -1.82. The van der Waals surface area contributed by atoms with Crippen molar-refractivity contribution < 1.29 is 9.47 Å². The second kappa shape index (κ2) is 7.83. The lowest BCUT2D eigenvalue weighted by molar-refractivity contribution is 0.266. The maximum Gasteiger partial charge on any atom is 0.137 e. The number of hydrogen-bond donors (Lipinski definition) is 2.